The molecule has 0 spiro atoms. The van der Waals surface area contributed by atoms with Crippen molar-refractivity contribution in [2.24, 2.45) is 0 Å². The van der Waals surface area contributed by atoms with Crippen molar-refractivity contribution < 1.29 is 24.1 Å². The van der Waals surface area contributed by atoms with Gasteiger partial charge in [0.25, 0.3) is 0 Å². The zero-order chi connectivity index (χ0) is 16.8. The minimum Gasteiger partial charge on any atom is -0.394 e. The summed E-state index contributed by atoms with van der Waals surface area (Å²) in [6, 6.07) is 1.62. The first kappa shape index (κ1) is 15.8. The zero-order valence-corrected chi connectivity index (χ0v) is 12.6. The third-order valence-corrected chi connectivity index (χ3v) is 3.95. The third kappa shape index (κ3) is 2.46. The number of aliphatic hydroxyl groups is 2. The molecule has 2 aromatic rings. The van der Waals surface area contributed by atoms with Gasteiger partial charge in [-0.3, -0.25) is 4.79 Å². The minimum atomic E-state index is -2.11. The predicted octanol–water partition coefficient (Wildman–Crippen LogP) is 0.368. The molecule has 0 aromatic carbocycles. The first-order chi connectivity index (χ1) is 10.9. The summed E-state index contributed by atoms with van der Waals surface area (Å²) in [6.07, 6.45) is -0.864. The Morgan fingerprint density at radius 2 is 2.30 bits per heavy atom. The molecule has 1 fully saturated rings. The molecule has 0 radical (unpaired) electrons. The molecular formula is C14H17FN4O4. The monoisotopic (exact) mass is 324 g/mol. The van der Waals surface area contributed by atoms with E-state index in [1.165, 1.54) is 24.7 Å². The highest BCUT2D eigenvalue weighted by Gasteiger charge is 2.54. The van der Waals surface area contributed by atoms with Gasteiger partial charge in [0.2, 0.25) is 5.91 Å². The molecule has 124 valence electrons. The van der Waals surface area contributed by atoms with Crippen molar-refractivity contribution in [1.29, 1.82) is 0 Å². The quantitative estimate of drug-likeness (QED) is 0.752. The summed E-state index contributed by atoms with van der Waals surface area (Å²) in [5.74, 6) is 0.0139. The van der Waals surface area contributed by atoms with Crippen LogP contribution in [0.15, 0.2) is 18.6 Å². The number of alkyl halides is 1. The fraction of sp³-hybridized carbons (Fsp3) is 0.500. The van der Waals surface area contributed by atoms with Crippen LogP contribution in [-0.2, 0) is 9.53 Å². The number of nitrogens with one attached hydrogen (secondary N) is 1. The Morgan fingerprint density at radius 3 is 2.91 bits per heavy atom. The van der Waals surface area contributed by atoms with Crippen LogP contribution in [0.4, 0.5) is 10.2 Å². The average molecular weight is 324 g/mol. The molecule has 1 amide bonds. The number of anilines is 1. The topological polar surface area (TPSA) is 110 Å². The molecule has 3 heterocycles. The molecule has 0 bridgehead atoms. The maximum atomic E-state index is 14.9. The lowest BCUT2D eigenvalue weighted by atomic mass is 9.98. The molecular weight excluding hydrogens is 307 g/mol. The van der Waals surface area contributed by atoms with Gasteiger partial charge < -0.3 is 24.8 Å². The second kappa shape index (κ2) is 5.52. The van der Waals surface area contributed by atoms with Crippen LogP contribution in [0.5, 0.6) is 0 Å². The molecule has 3 N–H and O–H groups in total. The molecule has 3 rings (SSSR count). The summed E-state index contributed by atoms with van der Waals surface area (Å²) in [5.41, 5.74) is -1.76. The maximum absolute atomic E-state index is 14.9. The lowest BCUT2D eigenvalue weighted by molar-refractivity contribution is -0.114. The van der Waals surface area contributed by atoms with Gasteiger partial charge in [-0.1, -0.05) is 0 Å². The van der Waals surface area contributed by atoms with Crippen LogP contribution < -0.4 is 5.32 Å². The van der Waals surface area contributed by atoms with E-state index in [0.717, 1.165) is 0 Å². The van der Waals surface area contributed by atoms with Gasteiger partial charge in [-0.05, 0) is 13.0 Å². The van der Waals surface area contributed by atoms with Crippen molar-refractivity contribution in [3.8, 4) is 0 Å². The van der Waals surface area contributed by atoms with Gasteiger partial charge in [-0.25, -0.2) is 14.4 Å². The van der Waals surface area contributed by atoms with Gasteiger partial charge in [-0.2, -0.15) is 0 Å². The average Bonchev–Trinajstić information content (AvgIpc) is 3.00. The number of aliphatic hydroxyl groups excluding tert-OH is 2. The number of halogens is 1. The van der Waals surface area contributed by atoms with Crippen molar-refractivity contribution >= 4 is 22.8 Å². The summed E-state index contributed by atoms with van der Waals surface area (Å²) in [5, 5.41) is 22.3. The molecule has 8 nitrogen and oxygen atoms in total. The van der Waals surface area contributed by atoms with Crippen LogP contribution in [0.1, 0.15) is 20.1 Å². The molecule has 23 heavy (non-hydrogen) atoms. The van der Waals surface area contributed by atoms with Crippen LogP contribution in [-0.4, -0.2) is 55.1 Å². The van der Waals surface area contributed by atoms with Crippen molar-refractivity contribution in [2.45, 2.75) is 38.0 Å². The van der Waals surface area contributed by atoms with E-state index < -0.39 is 30.7 Å². The van der Waals surface area contributed by atoms with E-state index in [-0.39, 0.29) is 5.91 Å². The number of ether oxygens (including phenoxy) is 1. The molecule has 2 aromatic heterocycles. The highest BCUT2D eigenvalue weighted by Crippen LogP contribution is 2.42. The summed E-state index contributed by atoms with van der Waals surface area (Å²) >= 11 is 0. The highest BCUT2D eigenvalue weighted by molar-refractivity contribution is 5.97. The highest BCUT2D eigenvalue weighted by atomic mass is 19.1. The number of hydrogen-bond acceptors (Lipinski definition) is 6. The molecule has 1 aliphatic heterocycles. The van der Waals surface area contributed by atoms with Crippen LogP contribution in [0.3, 0.4) is 0 Å². The van der Waals surface area contributed by atoms with Crippen molar-refractivity contribution in [3.63, 3.8) is 0 Å². The van der Waals surface area contributed by atoms with E-state index in [1.54, 1.807) is 12.3 Å². The number of aromatic nitrogens is 3. The number of amides is 1. The lowest BCUT2D eigenvalue weighted by Crippen LogP contribution is -2.40. The van der Waals surface area contributed by atoms with Gasteiger partial charge in [0.05, 0.1) is 12.0 Å². The summed E-state index contributed by atoms with van der Waals surface area (Å²) in [7, 11) is 0. The lowest BCUT2D eigenvalue weighted by Gasteiger charge is -2.25. The number of carbonyl (C=O) groups excluding carboxylic acids is 1. The summed E-state index contributed by atoms with van der Waals surface area (Å²) in [4.78, 5) is 19.3. The zero-order valence-electron chi connectivity index (χ0n) is 12.6. The van der Waals surface area contributed by atoms with Gasteiger partial charge in [0, 0.05) is 13.1 Å². The summed E-state index contributed by atoms with van der Waals surface area (Å²) in [6.45, 7) is 2.06. The second-order valence-electron chi connectivity index (χ2n) is 5.67. The van der Waals surface area contributed by atoms with E-state index in [2.05, 4.69) is 15.3 Å². The Hall–Kier alpha value is -2.10. The van der Waals surface area contributed by atoms with Gasteiger partial charge >= 0.3 is 0 Å². The fourth-order valence-electron chi connectivity index (χ4n) is 2.79. The van der Waals surface area contributed by atoms with E-state index in [9.17, 15) is 19.4 Å². The molecule has 4 atom stereocenters. The molecule has 1 aliphatic rings. The molecule has 2 unspecified atom stereocenters. The van der Waals surface area contributed by atoms with Gasteiger partial charge in [0.15, 0.2) is 11.9 Å². The van der Waals surface area contributed by atoms with E-state index >= 15 is 0 Å². The van der Waals surface area contributed by atoms with E-state index in [4.69, 9.17) is 4.74 Å². The third-order valence-electron chi connectivity index (χ3n) is 3.95. The largest absolute Gasteiger partial charge is 0.394 e. The Bertz CT molecular complexity index is 747. The number of rotatable bonds is 3. The number of nitrogens with zero attached hydrogens (tertiary/aromatic N) is 3. The number of hydrogen-bond donors (Lipinski definition) is 3. The smallest absolute Gasteiger partial charge is 0.222 e. The SMILES string of the molecule is CC(=O)Nc1ncnc2c1ccn2[C@@H]1OC(CO)C(O)[C@@]1(C)F. The van der Waals surface area contributed by atoms with E-state index in [1.807, 2.05) is 0 Å². The second-order valence-corrected chi connectivity index (χ2v) is 5.67. The molecule has 9 heteroatoms. The van der Waals surface area contributed by atoms with Gasteiger partial charge in [-0.15, -0.1) is 0 Å². The van der Waals surface area contributed by atoms with Crippen molar-refractivity contribution in [2.75, 3.05) is 11.9 Å². The molecule has 0 aliphatic carbocycles. The standard InChI is InChI=1S/C14H17FN4O4/c1-7(21)18-11-8-3-4-19(12(8)17-6-16-11)13-14(2,15)10(22)9(5-20)23-13/h3-4,6,9-10,13,20,22H,5H2,1-2H3,(H,16,17,18,21)/t9?,10?,13-,14-/m1/s1. The Morgan fingerprint density at radius 1 is 1.57 bits per heavy atom. The van der Waals surface area contributed by atoms with Crippen molar-refractivity contribution in [3.05, 3.63) is 18.6 Å². The van der Waals surface area contributed by atoms with Crippen LogP contribution >= 0.6 is 0 Å². The Labute approximate surface area is 130 Å². The summed E-state index contributed by atoms with van der Waals surface area (Å²) < 4.78 is 21.8. The first-order valence-electron chi connectivity index (χ1n) is 7.08. The minimum absolute atomic E-state index is 0.291. The molecule has 1 saturated heterocycles. The fourth-order valence-corrected chi connectivity index (χ4v) is 2.79. The van der Waals surface area contributed by atoms with Crippen LogP contribution in [0.25, 0.3) is 11.0 Å². The first-order valence-corrected chi connectivity index (χ1v) is 7.08. The normalized spacial score (nSPS) is 30.7. The maximum Gasteiger partial charge on any atom is 0.222 e. The number of carbonyl (C=O) groups is 1. The van der Waals surface area contributed by atoms with Crippen molar-refractivity contribution in [1.82, 2.24) is 14.5 Å². The van der Waals surface area contributed by atoms with E-state index in [0.29, 0.717) is 16.9 Å². The van der Waals surface area contributed by atoms with Crippen LogP contribution in [0, 0.1) is 0 Å². The number of fused-ring (bicyclic) bond motifs is 1. The van der Waals surface area contributed by atoms with Gasteiger partial charge in [0.1, 0.15) is 30.0 Å². The Balaban J connectivity index is 2.06. The predicted molar refractivity (Wildman–Crippen MR) is 78.3 cm³/mol. The molecule has 0 saturated carbocycles. The Kier molecular flexibility index (Phi) is 3.78. The van der Waals surface area contributed by atoms with Crippen LogP contribution in [0.2, 0.25) is 0 Å².